The van der Waals surface area contributed by atoms with Crippen molar-refractivity contribution in [3.8, 4) is 0 Å². The van der Waals surface area contributed by atoms with E-state index < -0.39 is 0 Å². The molecule has 0 aromatic rings. The topological polar surface area (TPSA) is 20.2 Å². The quantitative estimate of drug-likeness (QED) is 0.562. The van der Waals surface area contributed by atoms with Gasteiger partial charge in [-0.15, -0.1) is 0 Å². The second kappa shape index (κ2) is 19.7. The van der Waals surface area contributed by atoms with Gasteiger partial charge in [-0.2, -0.15) is 0 Å². The van der Waals surface area contributed by atoms with Crippen LogP contribution in [0, 0.1) is 0 Å². The van der Waals surface area contributed by atoms with Gasteiger partial charge in [0.2, 0.25) is 0 Å². The van der Waals surface area contributed by atoms with Crippen molar-refractivity contribution in [1.82, 2.24) is 0 Å². The van der Waals surface area contributed by atoms with Crippen LogP contribution in [0.5, 0.6) is 0 Å². The fraction of sp³-hybridized carbons (Fsp3) is 1.00. The standard InChI is InChI=1S/CH4O.2ClH.Co/c1-2;;;/h2H,1H3;2*1H;/q;;;+2/p-2. The third-order valence-corrected chi connectivity index (χ3v) is 0. The Hall–Kier alpha value is 1.05. The molecule has 0 saturated carbocycles. The number of aliphatic hydroxyl groups excluding tert-OH is 1. The fourth-order valence-electron chi connectivity index (χ4n) is 0. The maximum absolute atomic E-state index is 7.00. The van der Waals surface area contributed by atoms with Gasteiger partial charge in [-0.25, -0.2) is 0 Å². The first-order valence-corrected chi connectivity index (χ1v) is 3.56. The Labute approximate surface area is 45.8 Å². The molecule has 0 aliphatic carbocycles. The summed E-state index contributed by atoms with van der Waals surface area (Å²) in [6.07, 6.45) is 0. The van der Waals surface area contributed by atoms with Crippen molar-refractivity contribution in [2.24, 2.45) is 0 Å². The van der Waals surface area contributed by atoms with Gasteiger partial charge in [-0.05, 0) is 0 Å². The van der Waals surface area contributed by atoms with Crippen LogP contribution in [-0.4, -0.2) is 12.2 Å². The third-order valence-electron chi connectivity index (χ3n) is 0. The van der Waals surface area contributed by atoms with Crippen molar-refractivity contribution in [2.75, 3.05) is 7.11 Å². The molecule has 0 unspecified atom stereocenters. The molecule has 0 fully saturated rings. The van der Waals surface area contributed by atoms with Crippen LogP contribution in [0.1, 0.15) is 0 Å². The zero-order valence-electron chi connectivity index (χ0n) is 2.54. The monoisotopic (exact) mass is 161 g/mol. The second-order valence-electron chi connectivity index (χ2n) is 0.0476. The van der Waals surface area contributed by atoms with E-state index in [2.05, 4.69) is 0 Å². The van der Waals surface area contributed by atoms with E-state index in [1.165, 1.54) is 0 Å². The van der Waals surface area contributed by atoms with Crippen LogP contribution in [0.4, 0.5) is 0 Å². The van der Waals surface area contributed by atoms with Crippen LogP contribution in [0.15, 0.2) is 0 Å². The number of rotatable bonds is 0. The summed E-state index contributed by atoms with van der Waals surface area (Å²) in [6, 6.07) is 0. The fourth-order valence-corrected chi connectivity index (χ4v) is 0. The van der Waals surface area contributed by atoms with Crippen LogP contribution in [0.25, 0.3) is 0 Å². The van der Waals surface area contributed by atoms with E-state index in [1.807, 2.05) is 0 Å². The molecule has 0 atom stereocenters. The van der Waals surface area contributed by atoms with Crippen LogP contribution in [0.2, 0.25) is 0 Å². The van der Waals surface area contributed by atoms with Gasteiger partial charge in [0, 0.05) is 7.11 Å². The molecule has 0 aromatic carbocycles. The molecule has 0 amide bonds. The Morgan fingerprint density at radius 2 is 1.40 bits per heavy atom. The molecule has 1 nitrogen and oxygen atoms in total. The molecule has 37 valence electrons. The van der Waals surface area contributed by atoms with Crippen LogP contribution in [0.3, 0.4) is 0 Å². The van der Waals surface area contributed by atoms with E-state index >= 15 is 0 Å². The zero-order chi connectivity index (χ0) is 4.71. The van der Waals surface area contributed by atoms with Gasteiger partial charge in [-0.1, -0.05) is 0 Å². The van der Waals surface area contributed by atoms with Crippen LogP contribution >= 0.6 is 20.3 Å². The molecule has 5 heavy (non-hydrogen) atoms. The number of hydrogen-bond donors (Lipinski definition) is 1. The molecule has 0 radical (unpaired) electrons. The molecule has 0 heterocycles. The van der Waals surface area contributed by atoms with Gasteiger partial charge < -0.3 is 5.11 Å². The predicted molar refractivity (Wildman–Crippen MR) is 19.8 cm³/mol. The summed E-state index contributed by atoms with van der Waals surface area (Å²) >= 11 is 0.382. The Morgan fingerprint density at radius 3 is 1.40 bits per heavy atom. The summed E-state index contributed by atoms with van der Waals surface area (Å²) in [4.78, 5) is 0. The average Bonchev–Trinajstić information content (AvgIpc) is 1.46. The van der Waals surface area contributed by atoms with Gasteiger partial charge in [0.1, 0.15) is 0 Å². The Bertz CT molecular complexity index is 9.61. The Morgan fingerprint density at radius 1 is 1.40 bits per heavy atom. The summed E-state index contributed by atoms with van der Waals surface area (Å²) < 4.78 is 0. The first-order chi connectivity index (χ1) is 2.41. The van der Waals surface area contributed by atoms with E-state index in [-0.39, 0.29) is 0 Å². The normalized spacial score (nSPS) is 5.60. The summed E-state index contributed by atoms with van der Waals surface area (Å²) in [5.74, 6) is 0. The summed E-state index contributed by atoms with van der Waals surface area (Å²) in [6.45, 7) is 0. The van der Waals surface area contributed by atoms with E-state index in [0.717, 1.165) is 7.11 Å². The van der Waals surface area contributed by atoms with Crippen LogP contribution < -0.4 is 0 Å². The summed E-state index contributed by atoms with van der Waals surface area (Å²) in [5.41, 5.74) is 0. The maximum atomic E-state index is 7.00. The minimum atomic E-state index is 0.382. The molecule has 0 aromatic heterocycles. The molecule has 0 saturated heterocycles. The van der Waals surface area contributed by atoms with E-state index in [1.54, 1.807) is 0 Å². The third kappa shape index (κ3) is 42.8. The van der Waals surface area contributed by atoms with Crippen molar-refractivity contribution in [3.63, 3.8) is 0 Å². The average molecular weight is 162 g/mol. The molecule has 0 aliphatic heterocycles. The van der Waals surface area contributed by atoms with Crippen molar-refractivity contribution in [2.45, 2.75) is 0 Å². The Kier molecular flexibility index (Phi) is 37.1. The second-order valence-corrected chi connectivity index (χ2v) is 1.77. The first-order valence-electron chi connectivity index (χ1n) is 0.699. The van der Waals surface area contributed by atoms with Gasteiger partial charge in [0.25, 0.3) is 0 Å². The summed E-state index contributed by atoms with van der Waals surface area (Å²) in [5, 5.41) is 7.00. The molecule has 0 bridgehead atoms. The van der Waals surface area contributed by atoms with Crippen molar-refractivity contribution in [1.29, 1.82) is 0 Å². The molecular formula is CH4Cl2CoO. The molecule has 0 aliphatic rings. The zero-order valence-corrected chi connectivity index (χ0v) is 5.09. The molecule has 0 spiro atoms. The van der Waals surface area contributed by atoms with Crippen LogP contribution in [-0.2, 0) is 12.9 Å². The SMILES string of the molecule is CO.[Cl][Co][Cl]. The summed E-state index contributed by atoms with van der Waals surface area (Å²) in [7, 11) is 10.5. The van der Waals surface area contributed by atoms with Crippen molar-refractivity contribution in [3.05, 3.63) is 0 Å². The predicted octanol–water partition coefficient (Wildman–Crippen LogP) is 0.985. The molecule has 4 heteroatoms. The van der Waals surface area contributed by atoms with Gasteiger partial charge in [0.05, 0.1) is 0 Å². The van der Waals surface area contributed by atoms with Crippen molar-refractivity contribution >= 4 is 20.3 Å². The number of aliphatic hydroxyl groups is 1. The number of hydrogen-bond acceptors (Lipinski definition) is 1. The number of halogens is 2. The Balaban J connectivity index is 0. The van der Waals surface area contributed by atoms with E-state index in [0.29, 0.717) is 12.9 Å². The molecular weight excluding hydrogens is 158 g/mol. The van der Waals surface area contributed by atoms with Crippen molar-refractivity contribution < 1.29 is 18.0 Å². The van der Waals surface area contributed by atoms with Gasteiger partial charge >= 0.3 is 33.2 Å². The molecule has 0 rings (SSSR count). The van der Waals surface area contributed by atoms with E-state index in [4.69, 9.17) is 25.4 Å². The minimum absolute atomic E-state index is 0.382. The van der Waals surface area contributed by atoms with Gasteiger partial charge in [0.15, 0.2) is 0 Å². The van der Waals surface area contributed by atoms with Gasteiger partial charge in [-0.3, -0.25) is 0 Å². The molecule has 1 N–H and O–H groups in total. The van der Waals surface area contributed by atoms with E-state index in [9.17, 15) is 0 Å². The first kappa shape index (κ1) is 9.40.